The third-order valence-corrected chi connectivity index (χ3v) is 4.64. The monoisotopic (exact) mass is 367 g/mol. The van der Waals surface area contributed by atoms with Crippen molar-refractivity contribution in [1.29, 1.82) is 0 Å². The molecule has 0 radical (unpaired) electrons. The standard InChI is InChI=1S/C20H18FN3O3/c1-26-16-4-2-3-13(11-16)12-24-17(9-10-18(24)25)20-22-19(23-27-20)14-5-7-15(21)8-6-14/h2-8,11,17H,9-10,12H2,1H3. The van der Waals surface area contributed by atoms with Crippen LogP contribution < -0.4 is 4.74 Å². The van der Waals surface area contributed by atoms with Crippen molar-refractivity contribution >= 4 is 5.91 Å². The molecule has 4 rings (SSSR count). The molecule has 138 valence electrons. The summed E-state index contributed by atoms with van der Waals surface area (Å²) >= 11 is 0. The smallest absolute Gasteiger partial charge is 0.249 e. The molecule has 0 aliphatic carbocycles. The van der Waals surface area contributed by atoms with Gasteiger partial charge in [-0.15, -0.1) is 0 Å². The summed E-state index contributed by atoms with van der Waals surface area (Å²) in [5, 5.41) is 3.99. The van der Waals surface area contributed by atoms with Gasteiger partial charge in [-0.05, 0) is 48.4 Å². The zero-order valence-electron chi connectivity index (χ0n) is 14.8. The van der Waals surface area contributed by atoms with Gasteiger partial charge in [-0.25, -0.2) is 4.39 Å². The van der Waals surface area contributed by atoms with Crippen LogP contribution in [0.1, 0.15) is 30.3 Å². The predicted molar refractivity (Wildman–Crippen MR) is 95.2 cm³/mol. The lowest BCUT2D eigenvalue weighted by Gasteiger charge is -2.22. The van der Waals surface area contributed by atoms with E-state index in [0.29, 0.717) is 36.7 Å². The van der Waals surface area contributed by atoms with Crippen LogP contribution in [0, 0.1) is 5.82 Å². The van der Waals surface area contributed by atoms with Gasteiger partial charge in [-0.3, -0.25) is 4.79 Å². The summed E-state index contributed by atoms with van der Waals surface area (Å²) in [6.07, 6.45) is 1.05. The average molecular weight is 367 g/mol. The maximum Gasteiger partial charge on any atom is 0.249 e. The van der Waals surface area contributed by atoms with Crippen molar-refractivity contribution in [3.05, 3.63) is 65.8 Å². The molecule has 0 bridgehead atoms. The highest BCUT2D eigenvalue weighted by atomic mass is 19.1. The summed E-state index contributed by atoms with van der Waals surface area (Å²) in [7, 11) is 1.61. The molecule has 27 heavy (non-hydrogen) atoms. The van der Waals surface area contributed by atoms with Gasteiger partial charge in [0.15, 0.2) is 0 Å². The number of aromatic nitrogens is 2. The number of carbonyl (C=O) groups is 1. The number of amides is 1. The zero-order valence-corrected chi connectivity index (χ0v) is 14.8. The maximum atomic E-state index is 13.1. The molecule has 7 heteroatoms. The zero-order chi connectivity index (χ0) is 18.8. The molecule has 0 N–H and O–H groups in total. The van der Waals surface area contributed by atoms with E-state index >= 15 is 0 Å². The first-order valence-electron chi connectivity index (χ1n) is 8.66. The first-order valence-corrected chi connectivity index (χ1v) is 8.66. The minimum Gasteiger partial charge on any atom is -0.497 e. The fourth-order valence-corrected chi connectivity index (χ4v) is 3.24. The Morgan fingerprint density at radius 1 is 1.26 bits per heavy atom. The van der Waals surface area contributed by atoms with Gasteiger partial charge in [0.05, 0.1) is 7.11 Å². The Balaban J connectivity index is 1.57. The largest absolute Gasteiger partial charge is 0.497 e. The molecule has 2 heterocycles. The van der Waals surface area contributed by atoms with E-state index in [2.05, 4.69) is 10.1 Å². The Morgan fingerprint density at radius 3 is 2.85 bits per heavy atom. The maximum absolute atomic E-state index is 13.1. The Labute approximate surface area is 155 Å². The van der Waals surface area contributed by atoms with E-state index in [1.807, 2.05) is 24.3 Å². The molecule has 1 amide bonds. The number of halogens is 1. The number of methoxy groups -OCH3 is 1. The molecule has 2 aromatic carbocycles. The van der Waals surface area contributed by atoms with Gasteiger partial charge < -0.3 is 14.2 Å². The number of likely N-dealkylation sites (tertiary alicyclic amines) is 1. The van der Waals surface area contributed by atoms with Crippen LogP contribution in [0.25, 0.3) is 11.4 Å². The first-order chi connectivity index (χ1) is 13.1. The molecule has 1 saturated heterocycles. The fraction of sp³-hybridized carbons (Fsp3) is 0.250. The van der Waals surface area contributed by atoms with Gasteiger partial charge in [-0.1, -0.05) is 17.3 Å². The van der Waals surface area contributed by atoms with Crippen LogP contribution in [0.4, 0.5) is 4.39 Å². The van der Waals surface area contributed by atoms with Crippen molar-refractivity contribution in [1.82, 2.24) is 15.0 Å². The van der Waals surface area contributed by atoms with Gasteiger partial charge in [0.25, 0.3) is 0 Å². The molecule has 0 spiro atoms. The summed E-state index contributed by atoms with van der Waals surface area (Å²) in [6, 6.07) is 13.2. The number of hydrogen-bond donors (Lipinski definition) is 0. The average Bonchev–Trinajstić information content (AvgIpc) is 3.30. The van der Waals surface area contributed by atoms with E-state index in [1.165, 1.54) is 12.1 Å². The minimum absolute atomic E-state index is 0.0457. The summed E-state index contributed by atoms with van der Waals surface area (Å²) in [4.78, 5) is 18.6. The van der Waals surface area contributed by atoms with Crippen molar-refractivity contribution in [3.8, 4) is 17.1 Å². The van der Waals surface area contributed by atoms with Crippen LogP contribution >= 0.6 is 0 Å². The third-order valence-electron chi connectivity index (χ3n) is 4.64. The summed E-state index contributed by atoms with van der Waals surface area (Å²) in [5.41, 5.74) is 1.63. The van der Waals surface area contributed by atoms with Crippen LogP contribution in [0.15, 0.2) is 53.1 Å². The fourth-order valence-electron chi connectivity index (χ4n) is 3.24. The minimum atomic E-state index is -0.326. The van der Waals surface area contributed by atoms with Gasteiger partial charge in [0.2, 0.25) is 17.6 Å². The molecule has 6 nitrogen and oxygen atoms in total. The highest BCUT2D eigenvalue weighted by Crippen LogP contribution is 2.34. The van der Waals surface area contributed by atoms with Crippen LogP contribution in [0.5, 0.6) is 5.75 Å². The second kappa shape index (κ2) is 7.19. The Bertz CT molecular complexity index is 955. The van der Waals surface area contributed by atoms with Gasteiger partial charge >= 0.3 is 0 Å². The SMILES string of the molecule is COc1cccc(CN2C(=O)CCC2c2nc(-c3ccc(F)cc3)no2)c1. The highest BCUT2D eigenvalue weighted by molar-refractivity contribution is 5.78. The van der Waals surface area contributed by atoms with Gasteiger partial charge in [0, 0.05) is 18.5 Å². The lowest BCUT2D eigenvalue weighted by atomic mass is 10.1. The molecule has 1 atom stereocenters. The highest BCUT2D eigenvalue weighted by Gasteiger charge is 2.36. The molecule has 3 aromatic rings. The number of ether oxygens (including phenoxy) is 1. The van der Waals surface area contributed by atoms with Crippen LogP contribution in [-0.2, 0) is 11.3 Å². The molecule has 1 unspecified atom stereocenters. The quantitative estimate of drug-likeness (QED) is 0.687. The summed E-state index contributed by atoms with van der Waals surface area (Å²) in [6.45, 7) is 0.439. The number of rotatable bonds is 5. The summed E-state index contributed by atoms with van der Waals surface area (Å²) in [5.74, 6) is 1.23. The molecular formula is C20H18FN3O3. The second-order valence-electron chi connectivity index (χ2n) is 6.39. The first kappa shape index (κ1) is 17.2. The van der Waals surface area contributed by atoms with Crippen LogP contribution in [-0.4, -0.2) is 28.1 Å². The summed E-state index contributed by atoms with van der Waals surface area (Å²) < 4.78 is 23.8. The van der Waals surface area contributed by atoms with Crippen molar-refractivity contribution in [3.63, 3.8) is 0 Å². The van der Waals surface area contributed by atoms with Crippen molar-refractivity contribution in [2.75, 3.05) is 7.11 Å². The Kier molecular flexibility index (Phi) is 4.58. The van der Waals surface area contributed by atoms with Gasteiger partial charge in [-0.2, -0.15) is 4.98 Å². The number of carbonyl (C=O) groups excluding carboxylic acids is 1. The molecular weight excluding hydrogens is 349 g/mol. The normalized spacial score (nSPS) is 16.7. The van der Waals surface area contributed by atoms with Crippen molar-refractivity contribution < 1.29 is 18.4 Å². The van der Waals surface area contributed by atoms with E-state index in [4.69, 9.17) is 9.26 Å². The number of benzene rings is 2. The number of hydrogen-bond acceptors (Lipinski definition) is 5. The van der Waals surface area contributed by atoms with E-state index in [-0.39, 0.29) is 17.8 Å². The lowest BCUT2D eigenvalue weighted by Crippen LogP contribution is -2.27. The number of nitrogens with zero attached hydrogens (tertiary/aromatic N) is 3. The predicted octanol–water partition coefficient (Wildman–Crippen LogP) is 3.75. The van der Waals surface area contributed by atoms with E-state index in [1.54, 1.807) is 24.1 Å². The molecule has 0 saturated carbocycles. The van der Waals surface area contributed by atoms with Gasteiger partial charge in [0.1, 0.15) is 17.6 Å². The van der Waals surface area contributed by atoms with Crippen molar-refractivity contribution in [2.45, 2.75) is 25.4 Å². The topological polar surface area (TPSA) is 68.5 Å². The Hall–Kier alpha value is -3.22. The molecule has 1 fully saturated rings. The van der Waals surface area contributed by atoms with Crippen molar-refractivity contribution in [2.24, 2.45) is 0 Å². The molecule has 1 aromatic heterocycles. The van der Waals surface area contributed by atoms with Crippen LogP contribution in [0.2, 0.25) is 0 Å². The van der Waals surface area contributed by atoms with E-state index < -0.39 is 0 Å². The second-order valence-corrected chi connectivity index (χ2v) is 6.39. The molecule has 1 aliphatic rings. The van der Waals surface area contributed by atoms with E-state index in [0.717, 1.165) is 11.3 Å². The van der Waals surface area contributed by atoms with Crippen LogP contribution in [0.3, 0.4) is 0 Å². The Morgan fingerprint density at radius 2 is 2.07 bits per heavy atom. The third kappa shape index (κ3) is 3.53. The molecule has 1 aliphatic heterocycles. The lowest BCUT2D eigenvalue weighted by molar-refractivity contribution is -0.130. The van der Waals surface area contributed by atoms with E-state index in [9.17, 15) is 9.18 Å².